The second-order valence-corrected chi connectivity index (χ2v) is 6.05. The molecule has 19 heavy (non-hydrogen) atoms. The van der Waals surface area contributed by atoms with Gasteiger partial charge in [-0.1, -0.05) is 0 Å². The van der Waals surface area contributed by atoms with Crippen LogP contribution in [0.15, 0.2) is 18.5 Å². The molecule has 102 valence electrons. The maximum Gasteiger partial charge on any atom is 0.228 e. The number of anilines is 1. The molecule has 0 saturated carbocycles. The third kappa shape index (κ3) is 2.07. The summed E-state index contributed by atoms with van der Waals surface area (Å²) in [6, 6.07) is 2.17. The fourth-order valence-corrected chi connectivity index (χ4v) is 3.17. The van der Waals surface area contributed by atoms with Gasteiger partial charge in [-0.3, -0.25) is 4.79 Å². The molecule has 1 aromatic heterocycles. The van der Waals surface area contributed by atoms with Crippen molar-refractivity contribution in [3.63, 3.8) is 0 Å². The largest absolute Gasteiger partial charge is 0.351 e. The van der Waals surface area contributed by atoms with Gasteiger partial charge in [0.15, 0.2) is 0 Å². The molecular formula is C14H20N4O. The van der Waals surface area contributed by atoms with E-state index in [1.807, 2.05) is 19.9 Å². The van der Waals surface area contributed by atoms with Crippen molar-refractivity contribution in [2.45, 2.75) is 32.7 Å². The molecule has 5 heteroatoms. The predicted octanol–water partition coefficient (Wildman–Crippen LogP) is 1.22. The van der Waals surface area contributed by atoms with E-state index in [-0.39, 0.29) is 11.3 Å². The number of piperidine rings is 1. The third-order valence-corrected chi connectivity index (χ3v) is 4.50. The van der Waals surface area contributed by atoms with E-state index in [1.165, 1.54) is 0 Å². The lowest BCUT2D eigenvalue weighted by molar-refractivity contribution is -0.145. The highest BCUT2D eigenvalue weighted by atomic mass is 16.2. The molecule has 1 aromatic rings. The first-order chi connectivity index (χ1) is 9.09. The molecule has 3 heterocycles. The fraction of sp³-hybridized carbons (Fsp3) is 0.643. The molecule has 5 nitrogen and oxygen atoms in total. The monoisotopic (exact) mass is 260 g/mol. The minimum Gasteiger partial charge on any atom is -0.351 e. The van der Waals surface area contributed by atoms with Crippen LogP contribution in [0.2, 0.25) is 0 Å². The number of hydrogen-bond donors (Lipinski definition) is 1. The molecule has 0 bridgehead atoms. The summed E-state index contributed by atoms with van der Waals surface area (Å²) in [6.45, 7) is 6.03. The molecule has 0 aromatic carbocycles. The smallest absolute Gasteiger partial charge is 0.228 e. The van der Waals surface area contributed by atoms with Gasteiger partial charge in [0.2, 0.25) is 11.9 Å². The van der Waals surface area contributed by atoms with Crippen molar-refractivity contribution in [3.8, 4) is 0 Å². The topological polar surface area (TPSA) is 58.1 Å². The van der Waals surface area contributed by atoms with Gasteiger partial charge < -0.3 is 10.2 Å². The average Bonchev–Trinajstić information content (AvgIpc) is 2.46. The van der Waals surface area contributed by atoms with Crippen LogP contribution in [0.1, 0.15) is 26.7 Å². The first-order valence-electron chi connectivity index (χ1n) is 6.92. The summed E-state index contributed by atoms with van der Waals surface area (Å²) in [7, 11) is 0. The molecule has 0 unspecified atom stereocenters. The lowest BCUT2D eigenvalue weighted by Crippen LogP contribution is -2.67. The van der Waals surface area contributed by atoms with E-state index in [0.717, 1.165) is 31.9 Å². The van der Waals surface area contributed by atoms with Crippen LogP contribution in [-0.4, -0.2) is 35.0 Å². The van der Waals surface area contributed by atoms with Gasteiger partial charge >= 0.3 is 0 Å². The minimum absolute atomic E-state index is 0.186. The number of aromatic nitrogens is 2. The van der Waals surface area contributed by atoms with Gasteiger partial charge in [-0.2, -0.15) is 0 Å². The van der Waals surface area contributed by atoms with E-state index in [4.69, 9.17) is 0 Å². The van der Waals surface area contributed by atoms with Gasteiger partial charge in [0.05, 0.1) is 5.41 Å². The highest BCUT2D eigenvalue weighted by Crippen LogP contribution is 2.38. The van der Waals surface area contributed by atoms with Crippen LogP contribution < -0.4 is 10.2 Å². The summed E-state index contributed by atoms with van der Waals surface area (Å²) in [6.07, 6.45) is 5.74. The van der Waals surface area contributed by atoms with E-state index in [2.05, 4.69) is 20.2 Å². The van der Waals surface area contributed by atoms with Gasteiger partial charge in [0.1, 0.15) is 0 Å². The van der Waals surface area contributed by atoms with Gasteiger partial charge in [0.25, 0.3) is 0 Å². The Balaban J connectivity index is 1.60. The summed E-state index contributed by atoms with van der Waals surface area (Å²) < 4.78 is 0. The summed E-state index contributed by atoms with van der Waals surface area (Å²) in [5.74, 6) is 1.58. The highest BCUT2D eigenvalue weighted by molar-refractivity contribution is 5.89. The molecule has 0 radical (unpaired) electrons. The number of β-lactam (4-membered cyclic amide) rings is 1. The molecule has 1 atom stereocenters. The molecule has 1 amide bonds. The lowest BCUT2D eigenvalue weighted by Gasteiger charge is -2.50. The fourth-order valence-electron chi connectivity index (χ4n) is 3.17. The third-order valence-electron chi connectivity index (χ3n) is 4.50. The van der Waals surface area contributed by atoms with Crippen LogP contribution in [0.4, 0.5) is 5.95 Å². The first-order valence-corrected chi connectivity index (χ1v) is 6.92. The Morgan fingerprint density at radius 1 is 1.26 bits per heavy atom. The quantitative estimate of drug-likeness (QED) is 0.812. The Hall–Kier alpha value is -1.65. The Kier molecular flexibility index (Phi) is 2.92. The number of carbonyl (C=O) groups excluding carboxylic acids is 1. The zero-order valence-corrected chi connectivity index (χ0v) is 11.5. The summed E-state index contributed by atoms with van der Waals surface area (Å²) in [5.41, 5.74) is -0.198. The Bertz CT molecular complexity index is 466. The second-order valence-electron chi connectivity index (χ2n) is 6.05. The zero-order valence-electron chi connectivity index (χ0n) is 11.5. The molecule has 0 spiro atoms. The Labute approximate surface area is 113 Å². The van der Waals surface area contributed by atoms with Crippen molar-refractivity contribution in [2.75, 3.05) is 18.0 Å². The summed E-state index contributed by atoms with van der Waals surface area (Å²) >= 11 is 0. The molecule has 2 fully saturated rings. The van der Waals surface area contributed by atoms with Crippen molar-refractivity contribution in [3.05, 3.63) is 18.5 Å². The minimum atomic E-state index is -0.198. The zero-order chi connectivity index (χ0) is 13.5. The summed E-state index contributed by atoms with van der Waals surface area (Å²) in [5, 5.41) is 3.07. The highest BCUT2D eigenvalue weighted by Gasteiger charge is 2.50. The van der Waals surface area contributed by atoms with Gasteiger partial charge in [-0.15, -0.1) is 0 Å². The van der Waals surface area contributed by atoms with Crippen molar-refractivity contribution in [2.24, 2.45) is 11.3 Å². The number of nitrogens with zero attached hydrogens (tertiary/aromatic N) is 3. The standard InChI is InChI=1S/C14H20N4O/c1-14(2)11(17-12(14)19)10-4-8-18(9-5-10)13-15-6-3-7-16-13/h3,6-7,10-11H,4-5,8-9H2,1-2H3,(H,17,19)/t11-/m1/s1. The molecule has 0 aliphatic carbocycles. The lowest BCUT2D eigenvalue weighted by atomic mass is 9.68. The molecular weight excluding hydrogens is 240 g/mol. The van der Waals surface area contributed by atoms with Crippen molar-refractivity contribution in [1.82, 2.24) is 15.3 Å². The number of amides is 1. The first kappa shape index (κ1) is 12.4. The maximum atomic E-state index is 11.5. The van der Waals surface area contributed by atoms with E-state index in [9.17, 15) is 4.79 Å². The number of rotatable bonds is 2. The summed E-state index contributed by atoms with van der Waals surface area (Å²) in [4.78, 5) is 22.4. The number of hydrogen-bond acceptors (Lipinski definition) is 4. The Morgan fingerprint density at radius 3 is 2.42 bits per heavy atom. The SMILES string of the molecule is CC1(C)C(=O)N[C@@H]1C1CCN(c2ncccn2)CC1. The van der Waals surface area contributed by atoms with E-state index in [1.54, 1.807) is 12.4 Å². The Morgan fingerprint density at radius 2 is 1.89 bits per heavy atom. The molecule has 2 aliphatic rings. The molecule has 2 saturated heterocycles. The van der Waals surface area contributed by atoms with Crippen LogP contribution in [0.25, 0.3) is 0 Å². The normalized spacial score (nSPS) is 26.7. The van der Waals surface area contributed by atoms with E-state index < -0.39 is 0 Å². The molecule has 1 N–H and O–H groups in total. The van der Waals surface area contributed by atoms with E-state index in [0.29, 0.717) is 12.0 Å². The van der Waals surface area contributed by atoms with Crippen molar-refractivity contribution in [1.29, 1.82) is 0 Å². The molecule has 3 rings (SSSR count). The van der Waals surface area contributed by atoms with Crippen molar-refractivity contribution < 1.29 is 4.79 Å². The van der Waals surface area contributed by atoms with E-state index >= 15 is 0 Å². The molecule has 2 aliphatic heterocycles. The van der Waals surface area contributed by atoms with Gasteiger partial charge in [-0.05, 0) is 38.7 Å². The number of nitrogens with one attached hydrogen (secondary N) is 1. The average molecular weight is 260 g/mol. The maximum absolute atomic E-state index is 11.5. The second kappa shape index (κ2) is 4.47. The predicted molar refractivity (Wildman–Crippen MR) is 72.7 cm³/mol. The van der Waals surface area contributed by atoms with Gasteiger partial charge in [-0.25, -0.2) is 9.97 Å². The van der Waals surface area contributed by atoms with Crippen LogP contribution >= 0.6 is 0 Å². The van der Waals surface area contributed by atoms with Crippen LogP contribution in [0.3, 0.4) is 0 Å². The van der Waals surface area contributed by atoms with Crippen LogP contribution in [0, 0.1) is 11.3 Å². The number of carbonyl (C=O) groups is 1. The van der Waals surface area contributed by atoms with Crippen molar-refractivity contribution >= 4 is 11.9 Å². The van der Waals surface area contributed by atoms with Crippen LogP contribution in [-0.2, 0) is 4.79 Å². The van der Waals surface area contributed by atoms with Crippen LogP contribution in [0.5, 0.6) is 0 Å². The van der Waals surface area contributed by atoms with Gasteiger partial charge in [0, 0.05) is 31.5 Å².